The maximum atomic E-state index is 12.2. The normalized spacial score (nSPS) is 24.7. The van der Waals surface area contributed by atoms with E-state index >= 15 is 0 Å². The van der Waals surface area contributed by atoms with Gasteiger partial charge in [0.05, 0.1) is 37.5 Å². The molecule has 0 aromatic carbocycles. The minimum Gasteiger partial charge on any atom is -0.463 e. The number of esters is 1. The van der Waals surface area contributed by atoms with Crippen molar-refractivity contribution in [1.82, 2.24) is 14.5 Å². The van der Waals surface area contributed by atoms with Crippen LogP contribution in [0.4, 0.5) is 17.3 Å². The molecule has 3 atom stereocenters. The average molecular weight is 457 g/mol. The van der Waals surface area contributed by atoms with E-state index in [1.807, 2.05) is 10.8 Å². The fourth-order valence-electron chi connectivity index (χ4n) is 4.66. The van der Waals surface area contributed by atoms with E-state index in [0.717, 1.165) is 19.5 Å². The van der Waals surface area contributed by atoms with E-state index in [-0.39, 0.29) is 30.8 Å². The molecule has 11 heteroatoms. The summed E-state index contributed by atoms with van der Waals surface area (Å²) in [6.45, 7) is 6.09. The van der Waals surface area contributed by atoms with Crippen LogP contribution in [-0.2, 0) is 19.0 Å². The number of nitrogen functional groups attached to an aromatic ring is 1. The molecule has 3 N–H and O–H groups in total. The van der Waals surface area contributed by atoms with Crippen LogP contribution in [0.5, 0.6) is 0 Å². The van der Waals surface area contributed by atoms with Gasteiger partial charge in [0.2, 0.25) is 0 Å². The SMILES string of the molecule is C[C@H]1C[C@@H](COC(=O)CCN2CCOCC2)O[C@H]1n1cc2c(N)cc(=O)nc3c2c1N=CN3. The van der Waals surface area contributed by atoms with Crippen LogP contribution < -0.4 is 16.6 Å². The van der Waals surface area contributed by atoms with Gasteiger partial charge >= 0.3 is 5.97 Å². The first-order valence-corrected chi connectivity index (χ1v) is 11.2. The number of nitrogens with zero attached hydrogens (tertiary/aromatic N) is 4. The number of carbonyl (C=O) groups is 1. The van der Waals surface area contributed by atoms with Crippen molar-refractivity contribution in [3.8, 4) is 0 Å². The van der Waals surface area contributed by atoms with E-state index in [0.29, 0.717) is 54.3 Å². The van der Waals surface area contributed by atoms with Gasteiger partial charge in [-0.15, -0.1) is 0 Å². The number of rotatable bonds is 6. The van der Waals surface area contributed by atoms with Gasteiger partial charge in [0.25, 0.3) is 5.56 Å². The zero-order valence-corrected chi connectivity index (χ0v) is 18.5. The molecular formula is C22H28N6O5. The van der Waals surface area contributed by atoms with Gasteiger partial charge in [-0.25, -0.2) is 4.99 Å². The number of nitrogens with one attached hydrogen (secondary N) is 1. The van der Waals surface area contributed by atoms with Crippen LogP contribution in [0.15, 0.2) is 22.1 Å². The Hall–Kier alpha value is -3.02. The molecule has 0 amide bonds. The summed E-state index contributed by atoms with van der Waals surface area (Å²) in [5.41, 5.74) is 6.07. The van der Waals surface area contributed by atoms with E-state index in [4.69, 9.17) is 19.9 Å². The molecule has 2 aromatic heterocycles. The van der Waals surface area contributed by atoms with Crippen molar-refractivity contribution in [3.63, 3.8) is 0 Å². The molecule has 3 aliphatic heterocycles. The molecule has 3 aliphatic rings. The second-order valence-corrected chi connectivity index (χ2v) is 8.70. The van der Waals surface area contributed by atoms with Crippen molar-refractivity contribution >= 4 is 40.4 Å². The summed E-state index contributed by atoms with van der Waals surface area (Å²) in [5.74, 6) is 0.995. The summed E-state index contributed by atoms with van der Waals surface area (Å²) in [7, 11) is 0. The highest BCUT2D eigenvalue weighted by Crippen LogP contribution is 2.43. The molecule has 2 saturated heterocycles. The van der Waals surface area contributed by atoms with Gasteiger partial charge in [-0.2, -0.15) is 4.98 Å². The lowest BCUT2D eigenvalue weighted by Crippen LogP contribution is -2.37. The summed E-state index contributed by atoms with van der Waals surface area (Å²) in [4.78, 5) is 34.9. The minimum absolute atomic E-state index is 0.159. The lowest BCUT2D eigenvalue weighted by Gasteiger charge is -2.26. The smallest absolute Gasteiger partial charge is 0.307 e. The van der Waals surface area contributed by atoms with Gasteiger partial charge in [0.15, 0.2) is 0 Å². The molecule has 5 rings (SSSR count). The maximum Gasteiger partial charge on any atom is 0.307 e. The predicted octanol–water partition coefficient (Wildman–Crippen LogP) is 1.25. The Morgan fingerprint density at radius 2 is 2.18 bits per heavy atom. The first-order valence-electron chi connectivity index (χ1n) is 11.2. The monoisotopic (exact) mass is 456 g/mol. The molecule has 0 radical (unpaired) electrons. The van der Waals surface area contributed by atoms with Gasteiger partial charge in [0.1, 0.15) is 24.5 Å². The lowest BCUT2D eigenvalue weighted by molar-refractivity contribution is -0.149. The minimum atomic E-state index is -0.417. The highest BCUT2D eigenvalue weighted by Gasteiger charge is 2.36. The van der Waals surface area contributed by atoms with Crippen LogP contribution in [0, 0.1) is 5.92 Å². The third-order valence-corrected chi connectivity index (χ3v) is 6.34. The summed E-state index contributed by atoms with van der Waals surface area (Å²) in [6, 6.07) is 1.31. The van der Waals surface area contributed by atoms with Crippen molar-refractivity contribution in [1.29, 1.82) is 0 Å². The zero-order chi connectivity index (χ0) is 22.9. The van der Waals surface area contributed by atoms with Crippen molar-refractivity contribution in [2.45, 2.75) is 32.1 Å². The molecule has 0 spiro atoms. The molecule has 2 fully saturated rings. The Balaban J connectivity index is 1.26. The number of carbonyl (C=O) groups excluding carboxylic acids is 1. The van der Waals surface area contributed by atoms with Crippen LogP contribution in [0.2, 0.25) is 0 Å². The Labute approximate surface area is 190 Å². The molecule has 0 saturated carbocycles. The highest BCUT2D eigenvalue weighted by atomic mass is 16.6. The second kappa shape index (κ2) is 9.08. The molecule has 33 heavy (non-hydrogen) atoms. The van der Waals surface area contributed by atoms with Crippen LogP contribution in [0.3, 0.4) is 0 Å². The summed E-state index contributed by atoms with van der Waals surface area (Å²) in [5, 5.41) is 4.30. The van der Waals surface area contributed by atoms with E-state index in [1.165, 1.54) is 12.4 Å². The first-order chi connectivity index (χ1) is 16.0. The average Bonchev–Trinajstić information content (AvgIpc) is 3.34. The number of aliphatic imine (C=N–C) groups is 1. The third kappa shape index (κ3) is 4.43. The predicted molar refractivity (Wildman–Crippen MR) is 123 cm³/mol. The molecule has 176 valence electrons. The fourth-order valence-corrected chi connectivity index (χ4v) is 4.66. The molecule has 0 bridgehead atoms. The quantitative estimate of drug-likeness (QED) is 0.616. The molecule has 2 aromatic rings. The van der Waals surface area contributed by atoms with Crippen molar-refractivity contribution < 1.29 is 19.0 Å². The van der Waals surface area contributed by atoms with Gasteiger partial charge < -0.3 is 29.8 Å². The highest BCUT2D eigenvalue weighted by molar-refractivity contribution is 6.10. The Bertz CT molecular complexity index is 1140. The number of morpholine rings is 1. The zero-order valence-electron chi connectivity index (χ0n) is 18.5. The largest absolute Gasteiger partial charge is 0.463 e. The van der Waals surface area contributed by atoms with Crippen molar-refractivity contribution in [2.75, 3.05) is 50.5 Å². The van der Waals surface area contributed by atoms with Gasteiger partial charge in [-0.3, -0.25) is 14.5 Å². The van der Waals surface area contributed by atoms with Crippen LogP contribution in [0.25, 0.3) is 10.8 Å². The van der Waals surface area contributed by atoms with Crippen molar-refractivity contribution in [2.24, 2.45) is 10.9 Å². The Morgan fingerprint density at radius 1 is 1.36 bits per heavy atom. The standard InChI is InChI=1S/C22H28N6O5/c1-13-8-14(11-32-18(30)2-3-27-4-6-31-7-5-27)33-22(13)28-10-15-16(23)9-17(29)26-20-19(15)21(28)25-12-24-20/h9-10,12-14,22H,2-8,11,23H2,1H3,(H,24,25,26,29)/t13-,14-,22+/m0/s1. The fraction of sp³-hybridized carbons (Fsp3) is 0.545. The van der Waals surface area contributed by atoms with Gasteiger partial charge in [-0.1, -0.05) is 6.92 Å². The molecule has 0 aliphatic carbocycles. The number of hydrogen-bond donors (Lipinski definition) is 2. The molecule has 11 nitrogen and oxygen atoms in total. The van der Waals surface area contributed by atoms with Crippen LogP contribution in [-0.4, -0.2) is 72.3 Å². The number of hydrogen-bond acceptors (Lipinski definition) is 10. The number of ether oxygens (including phenoxy) is 3. The topological polar surface area (TPSA) is 133 Å². The van der Waals surface area contributed by atoms with Crippen LogP contribution >= 0.6 is 0 Å². The van der Waals surface area contributed by atoms with E-state index in [9.17, 15) is 9.59 Å². The number of nitrogens with two attached hydrogens (primary N) is 1. The van der Waals surface area contributed by atoms with E-state index in [2.05, 4.69) is 27.1 Å². The number of anilines is 2. The Morgan fingerprint density at radius 3 is 3.00 bits per heavy atom. The Kier molecular flexibility index (Phi) is 6.00. The van der Waals surface area contributed by atoms with Gasteiger partial charge in [-0.05, 0) is 6.42 Å². The van der Waals surface area contributed by atoms with Crippen molar-refractivity contribution in [3.05, 3.63) is 22.6 Å². The number of aromatic nitrogens is 2. The van der Waals surface area contributed by atoms with E-state index in [1.54, 1.807) is 0 Å². The first kappa shape index (κ1) is 21.8. The maximum absolute atomic E-state index is 12.2. The molecule has 0 unspecified atom stereocenters. The van der Waals surface area contributed by atoms with E-state index < -0.39 is 5.56 Å². The summed E-state index contributed by atoms with van der Waals surface area (Å²) in [6.07, 6.45) is 3.95. The summed E-state index contributed by atoms with van der Waals surface area (Å²) < 4.78 is 19.0. The molecular weight excluding hydrogens is 428 g/mol. The lowest BCUT2D eigenvalue weighted by atomic mass is 10.1. The third-order valence-electron chi connectivity index (χ3n) is 6.34. The van der Waals surface area contributed by atoms with Gasteiger partial charge in [0, 0.05) is 48.9 Å². The van der Waals surface area contributed by atoms with Crippen LogP contribution in [0.1, 0.15) is 26.0 Å². The molecule has 5 heterocycles. The summed E-state index contributed by atoms with van der Waals surface area (Å²) >= 11 is 0. The second-order valence-electron chi connectivity index (χ2n) is 8.70.